The molecule has 1 amide bonds. The highest BCUT2D eigenvalue weighted by molar-refractivity contribution is 5.94. The molecular weight excluding hydrogens is 278 g/mol. The number of aromatic nitrogens is 3. The highest BCUT2D eigenvalue weighted by Crippen LogP contribution is 2.47. The Hall–Kier alpha value is -2.21. The van der Waals surface area contributed by atoms with E-state index in [0.29, 0.717) is 11.7 Å². The summed E-state index contributed by atoms with van der Waals surface area (Å²) >= 11 is 0. The fourth-order valence-corrected chi connectivity index (χ4v) is 3.13. The van der Waals surface area contributed by atoms with E-state index in [4.69, 9.17) is 0 Å². The Morgan fingerprint density at radius 2 is 2.32 bits per heavy atom. The first kappa shape index (κ1) is 13.5. The van der Waals surface area contributed by atoms with Crippen molar-refractivity contribution in [3.8, 4) is 0 Å². The van der Waals surface area contributed by atoms with E-state index in [9.17, 15) is 4.79 Å². The fourth-order valence-electron chi connectivity index (χ4n) is 3.13. The summed E-state index contributed by atoms with van der Waals surface area (Å²) in [5, 5.41) is 7.44. The van der Waals surface area contributed by atoms with Crippen molar-refractivity contribution in [3.63, 3.8) is 0 Å². The molecule has 3 heterocycles. The Morgan fingerprint density at radius 3 is 3.14 bits per heavy atom. The summed E-state index contributed by atoms with van der Waals surface area (Å²) in [4.78, 5) is 18.7. The van der Waals surface area contributed by atoms with E-state index in [0.717, 1.165) is 37.3 Å². The number of hydrogen-bond acceptors (Lipinski definition) is 4. The van der Waals surface area contributed by atoms with Gasteiger partial charge in [-0.05, 0) is 31.0 Å². The van der Waals surface area contributed by atoms with Crippen LogP contribution in [0.1, 0.15) is 23.6 Å². The van der Waals surface area contributed by atoms with Gasteiger partial charge in [0, 0.05) is 37.5 Å². The maximum Gasteiger partial charge on any atom is 0.229 e. The Morgan fingerprint density at radius 1 is 1.41 bits per heavy atom. The van der Waals surface area contributed by atoms with Gasteiger partial charge in [0.2, 0.25) is 5.91 Å². The third kappa shape index (κ3) is 2.50. The molecule has 0 spiro atoms. The van der Waals surface area contributed by atoms with Gasteiger partial charge in [-0.1, -0.05) is 6.07 Å². The van der Waals surface area contributed by atoms with Crippen LogP contribution >= 0.6 is 0 Å². The van der Waals surface area contributed by atoms with E-state index in [1.807, 2.05) is 29.1 Å². The molecule has 0 aromatic carbocycles. The van der Waals surface area contributed by atoms with Gasteiger partial charge in [-0.25, -0.2) is 0 Å². The minimum atomic E-state index is 0.0469. The summed E-state index contributed by atoms with van der Waals surface area (Å²) in [6.07, 6.45) is 4.50. The molecule has 22 heavy (non-hydrogen) atoms. The number of anilines is 1. The Balaban J connectivity index is 1.41. The van der Waals surface area contributed by atoms with Crippen LogP contribution in [-0.4, -0.2) is 39.2 Å². The van der Waals surface area contributed by atoms with Gasteiger partial charge in [0.05, 0.1) is 12.2 Å². The molecule has 114 valence electrons. The van der Waals surface area contributed by atoms with Crippen LogP contribution in [0.2, 0.25) is 0 Å². The minimum absolute atomic E-state index is 0.0469. The summed E-state index contributed by atoms with van der Waals surface area (Å²) < 4.78 is 1.99. The van der Waals surface area contributed by atoms with Gasteiger partial charge in [-0.3, -0.25) is 19.4 Å². The van der Waals surface area contributed by atoms with E-state index in [1.54, 1.807) is 6.20 Å². The maximum atomic E-state index is 12.3. The number of likely N-dealkylation sites (N-methyl/N-ethyl adjacent to an activating group) is 1. The number of carbonyl (C=O) groups excluding carboxylic acids is 1. The van der Waals surface area contributed by atoms with Gasteiger partial charge >= 0.3 is 0 Å². The molecule has 6 nitrogen and oxygen atoms in total. The van der Waals surface area contributed by atoms with E-state index >= 15 is 0 Å². The van der Waals surface area contributed by atoms with Crippen LogP contribution in [0.5, 0.6) is 0 Å². The van der Waals surface area contributed by atoms with Gasteiger partial charge in [0.25, 0.3) is 0 Å². The predicted octanol–water partition coefficient (Wildman–Crippen LogP) is 1.47. The third-order valence-corrected chi connectivity index (χ3v) is 4.48. The number of pyridine rings is 1. The Kier molecular flexibility index (Phi) is 3.18. The van der Waals surface area contributed by atoms with Crippen LogP contribution in [0.4, 0.5) is 5.82 Å². The largest absolute Gasteiger partial charge is 0.309 e. The van der Waals surface area contributed by atoms with Gasteiger partial charge in [0.1, 0.15) is 0 Å². The topological polar surface area (TPSA) is 63.1 Å². The van der Waals surface area contributed by atoms with E-state index in [-0.39, 0.29) is 11.8 Å². The van der Waals surface area contributed by atoms with Crippen molar-refractivity contribution < 1.29 is 4.79 Å². The van der Waals surface area contributed by atoms with Crippen molar-refractivity contribution in [1.29, 1.82) is 0 Å². The molecule has 1 saturated carbocycles. The summed E-state index contributed by atoms with van der Waals surface area (Å²) in [5.41, 5.74) is 2.30. The number of fused-ring (bicyclic) bond motifs is 1. The first-order valence-corrected chi connectivity index (χ1v) is 7.67. The monoisotopic (exact) mass is 297 g/mol. The van der Waals surface area contributed by atoms with Crippen molar-refractivity contribution in [3.05, 3.63) is 41.9 Å². The lowest BCUT2D eigenvalue weighted by molar-refractivity contribution is -0.117. The lowest BCUT2D eigenvalue weighted by Crippen LogP contribution is -2.30. The number of amides is 1. The van der Waals surface area contributed by atoms with Crippen molar-refractivity contribution in [2.45, 2.75) is 25.4 Å². The van der Waals surface area contributed by atoms with Gasteiger partial charge in [-0.15, -0.1) is 0 Å². The predicted molar refractivity (Wildman–Crippen MR) is 82.3 cm³/mol. The number of nitrogens with zero attached hydrogens (tertiary/aromatic N) is 4. The summed E-state index contributed by atoms with van der Waals surface area (Å²) in [7, 11) is 2.09. The Bertz CT molecular complexity index is 696. The van der Waals surface area contributed by atoms with Crippen LogP contribution in [-0.2, 0) is 17.9 Å². The van der Waals surface area contributed by atoms with Crippen LogP contribution in [0.25, 0.3) is 0 Å². The molecule has 0 bridgehead atoms. The molecule has 6 heteroatoms. The zero-order chi connectivity index (χ0) is 15.1. The molecule has 1 aliphatic heterocycles. The average molecular weight is 297 g/mol. The molecular formula is C16H19N5O. The maximum absolute atomic E-state index is 12.3. The SMILES string of the molecule is CN1CCn2nc(NC(=O)[C@@H]3C[C@H]3c3cccnc3)cc2C1. The smallest absolute Gasteiger partial charge is 0.229 e. The summed E-state index contributed by atoms with van der Waals surface area (Å²) in [6.45, 7) is 2.75. The van der Waals surface area contributed by atoms with Gasteiger partial charge < -0.3 is 5.32 Å². The minimum Gasteiger partial charge on any atom is -0.309 e. The zero-order valence-corrected chi connectivity index (χ0v) is 12.6. The van der Waals surface area contributed by atoms with E-state index in [1.165, 1.54) is 0 Å². The molecule has 2 aliphatic rings. The number of nitrogens with one attached hydrogen (secondary N) is 1. The van der Waals surface area contributed by atoms with Crippen LogP contribution in [0.3, 0.4) is 0 Å². The molecule has 1 aliphatic carbocycles. The first-order valence-electron chi connectivity index (χ1n) is 7.67. The summed E-state index contributed by atoms with van der Waals surface area (Å²) in [6, 6.07) is 5.94. The molecule has 4 rings (SSSR count). The molecule has 1 N–H and O–H groups in total. The molecule has 0 unspecified atom stereocenters. The normalized spacial score (nSPS) is 23.9. The lowest BCUT2D eigenvalue weighted by atomic mass is 10.1. The second-order valence-corrected chi connectivity index (χ2v) is 6.21. The molecule has 0 radical (unpaired) electrons. The standard InChI is InChI=1S/C16H19N5O/c1-20-5-6-21-12(10-20)7-15(19-21)18-16(22)14-8-13(14)11-3-2-4-17-9-11/h2-4,7,9,13-14H,5-6,8,10H2,1H3,(H,18,19,22)/t13-,14+/m0/s1. The Labute approximate surface area is 129 Å². The highest BCUT2D eigenvalue weighted by atomic mass is 16.2. The molecule has 1 fully saturated rings. The van der Waals surface area contributed by atoms with Gasteiger partial charge in [-0.2, -0.15) is 5.10 Å². The summed E-state index contributed by atoms with van der Waals surface area (Å²) in [5.74, 6) is 1.09. The molecule has 2 atom stereocenters. The van der Waals surface area contributed by atoms with Crippen molar-refractivity contribution >= 4 is 11.7 Å². The number of rotatable bonds is 3. The quantitative estimate of drug-likeness (QED) is 0.932. The highest BCUT2D eigenvalue weighted by Gasteiger charge is 2.44. The number of hydrogen-bond donors (Lipinski definition) is 1. The average Bonchev–Trinajstić information content (AvgIpc) is 3.23. The third-order valence-electron chi connectivity index (χ3n) is 4.48. The van der Waals surface area contributed by atoms with Crippen LogP contribution < -0.4 is 5.32 Å². The van der Waals surface area contributed by atoms with Crippen LogP contribution in [0, 0.1) is 5.92 Å². The fraction of sp³-hybridized carbons (Fsp3) is 0.438. The van der Waals surface area contributed by atoms with Crippen molar-refractivity contribution in [2.75, 3.05) is 18.9 Å². The van der Waals surface area contributed by atoms with E-state index in [2.05, 4.69) is 27.3 Å². The molecule has 2 aromatic rings. The lowest BCUT2D eigenvalue weighted by Gasteiger charge is -2.22. The number of carbonyl (C=O) groups is 1. The molecule has 2 aromatic heterocycles. The van der Waals surface area contributed by atoms with E-state index < -0.39 is 0 Å². The first-order chi connectivity index (χ1) is 10.7. The zero-order valence-electron chi connectivity index (χ0n) is 12.6. The molecule has 0 saturated heterocycles. The van der Waals surface area contributed by atoms with Crippen LogP contribution in [0.15, 0.2) is 30.6 Å². The van der Waals surface area contributed by atoms with Crippen molar-refractivity contribution in [2.24, 2.45) is 5.92 Å². The second-order valence-electron chi connectivity index (χ2n) is 6.21. The van der Waals surface area contributed by atoms with Crippen molar-refractivity contribution in [1.82, 2.24) is 19.7 Å². The second kappa shape index (κ2) is 5.21. The van der Waals surface area contributed by atoms with Gasteiger partial charge in [0.15, 0.2) is 5.82 Å².